The average molecular weight is 265 g/mol. The zero-order chi connectivity index (χ0) is 13.8. The summed E-state index contributed by atoms with van der Waals surface area (Å²) in [6.07, 6.45) is 5.12. The van der Waals surface area contributed by atoms with E-state index in [4.69, 9.17) is 5.73 Å². The van der Waals surface area contributed by atoms with Crippen LogP contribution in [0.4, 0.5) is 0 Å². The van der Waals surface area contributed by atoms with Crippen LogP contribution in [0.2, 0.25) is 0 Å². The fraction of sp³-hybridized carbons (Fsp3) is 0.786. The van der Waals surface area contributed by atoms with Crippen LogP contribution in [0.1, 0.15) is 31.9 Å². The van der Waals surface area contributed by atoms with Gasteiger partial charge in [0.2, 0.25) is 0 Å². The summed E-state index contributed by atoms with van der Waals surface area (Å²) in [5, 5.41) is 4.19. The molecule has 1 aromatic rings. The molecule has 0 spiro atoms. The smallest absolute Gasteiger partial charge is 0.0537 e. The zero-order valence-corrected chi connectivity index (χ0v) is 12.4. The summed E-state index contributed by atoms with van der Waals surface area (Å²) in [6, 6.07) is 0.776. The third kappa shape index (κ3) is 3.78. The quantitative estimate of drug-likeness (QED) is 0.857. The van der Waals surface area contributed by atoms with E-state index in [-0.39, 0.29) is 6.04 Å². The maximum Gasteiger partial charge on any atom is 0.0537 e. The fourth-order valence-corrected chi connectivity index (χ4v) is 2.66. The SMILES string of the molecule is CCC(C)N1CCN(CC(N)c2cnn(C)c2)CC1. The molecule has 0 amide bonds. The lowest BCUT2D eigenvalue weighted by Crippen LogP contribution is -2.50. The summed E-state index contributed by atoms with van der Waals surface area (Å²) in [4.78, 5) is 5.04. The second-order valence-electron chi connectivity index (χ2n) is 5.65. The Labute approximate surface area is 116 Å². The lowest BCUT2D eigenvalue weighted by Gasteiger charge is -2.38. The van der Waals surface area contributed by atoms with Crippen molar-refractivity contribution in [3.63, 3.8) is 0 Å². The molecule has 0 bridgehead atoms. The zero-order valence-electron chi connectivity index (χ0n) is 12.4. The van der Waals surface area contributed by atoms with Crippen molar-refractivity contribution < 1.29 is 0 Å². The molecule has 1 aliphatic rings. The number of nitrogens with zero attached hydrogens (tertiary/aromatic N) is 4. The molecular weight excluding hydrogens is 238 g/mol. The number of hydrogen-bond donors (Lipinski definition) is 1. The third-order valence-electron chi connectivity index (χ3n) is 4.23. The molecule has 0 aliphatic carbocycles. The topological polar surface area (TPSA) is 50.3 Å². The van der Waals surface area contributed by atoms with E-state index in [1.807, 2.05) is 24.1 Å². The molecule has 5 nitrogen and oxygen atoms in total. The first-order valence-corrected chi connectivity index (χ1v) is 7.30. The molecule has 2 unspecified atom stereocenters. The van der Waals surface area contributed by atoms with Gasteiger partial charge in [0, 0.05) is 63.6 Å². The van der Waals surface area contributed by atoms with Crippen molar-refractivity contribution >= 4 is 0 Å². The first-order valence-electron chi connectivity index (χ1n) is 7.30. The summed E-state index contributed by atoms with van der Waals surface area (Å²) in [6.45, 7) is 10.1. The Morgan fingerprint density at radius 2 is 2.00 bits per heavy atom. The average Bonchev–Trinajstić information content (AvgIpc) is 2.85. The van der Waals surface area contributed by atoms with Crippen LogP contribution >= 0.6 is 0 Å². The van der Waals surface area contributed by atoms with E-state index in [1.165, 1.54) is 6.42 Å². The molecule has 2 N–H and O–H groups in total. The highest BCUT2D eigenvalue weighted by molar-refractivity contribution is 5.10. The first-order chi connectivity index (χ1) is 9.10. The Balaban J connectivity index is 1.79. The van der Waals surface area contributed by atoms with Gasteiger partial charge in [-0.25, -0.2) is 0 Å². The van der Waals surface area contributed by atoms with E-state index >= 15 is 0 Å². The van der Waals surface area contributed by atoms with Gasteiger partial charge in [-0.1, -0.05) is 6.92 Å². The van der Waals surface area contributed by atoms with Crippen molar-refractivity contribution in [2.75, 3.05) is 32.7 Å². The Morgan fingerprint density at radius 3 is 2.53 bits per heavy atom. The second kappa shape index (κ2) is 6.50. The van der Waals surface area contributed by atoms with Gasteiger partial charge in [-0.3, -0.25) is 14.5 Å². The summed E-state index contributed by atoms with van der Waals surface area (Å²) >= 11 is 0. The van der Waals surface area contributed by atoms with Crippen molar-refractivity contribution in [2.45, 2.75) is 32.4 Å². The van der Waals surface area contributed by atoms with Crippen molar-refractivity contribution in [1.29, 1.82) is 0 Å². The van der Waals surface area contributed by atoms with E-state index in [2.05, 4.69) is 28.7 Å². The van der Waals surface area contributed by atoms with Crippen LogP contribution in [-0.2, 0) is 7.05 Å². The molecule has 2 rings (SSSR count). The van der Waals surface area contributed by atoms with Crippen LogP contribution in [0.5, 0.6) is 0 Å². The highest BCUT2D eigenvalue weighted by atomic mass is 15.3. The number of piperazine rings is 1. The van der Waals surface area contributed by atoms with Crippen molar-refractivity contribution in [1.82, 2.24) is 19.6 Å². The number of rotatable bonds is 5. The molecule has 0 saturated carbocycles. The molecule has 0 aromatic carbocycles. The van der Waals surface area contributed by atoms with Crippen molar-refractivity contribution in [3.8, 4) is 0 Å². The van der Waals surface area contributed by atoms with Crippen LogP contribution in [-0.4, -0.2) is 58.3 Å². The summed E-state index contributed by atoms with van der Waals surface area (Å²) < 4.78 is 1.82. The molecule has 2 atom stereocenters. The van der Waals surface area contributed by atoms with Crippen LogP contribution in [0, 0.1) is 0 Å². The van der Waals surface area contributed by atoms with E-state index in [1.54, 1.807) is 0 Å². The van der Waals surface area contributed by atoms with E-state index < -0.39 is 0 Å². The minimum atomic E-state index is 0.0730. The van der Waals surface area contributed by atoms with Crippen molar-refractivity contribution in [2.24, 2.45) is 12.8 Å². The van der Waals surface area contributed by atoms with Crippen LogP contribution in [0.3, 0.4) is 0 Å². The molecule has 5 heteroatoms. The highest BCUT2D eigenvalue weighted by Gasteiger charge is 2.21. The van der Waals surface area contributed by atoms with E-state index in [9.17, 15) is 0 Å². The summed E-state index contributed by atoms with van der Waals surface area (Å²) in [5.41, 5.74) is 7.38. The molecule has 108 valence electrons. The van der Waals surface area contributed by atoms with Gasteiger partial charge in [0.1, 0.15) is 0 Å². The van der Waals surface area contributed by atoms with Crippen LogP contribution < -0.4 is 5.73 Å². The Bertz CT molecular complexity index is 381. The maximum absolute atomic E-state index is 6.25. The molecule has 2 heterocycles. The number of aryl methyl sites for hydroxylation is 1. The van der Waals surface area contributed by atoms with Gasteiger partial charge < -0.3 is 5.73 Å². The van der Waals surface area contributed by atoms with Gasteiger partial charge in [0.15, 0.2) is 0 Å². The molecule has 0 radical (unpaired) electrons. The normalized spacial score (nSPS) is 21.5. The van der Waals surface area contributed by atoms with Gasteiger partial charge in [-0.05, 0) is 13.3 Å². The molecular formula is C14H27N5. The van der Waals surface area contributed by atoms with Crippen LogP contribution in [0.25, 0.3) is 0 Å². The van der Waals surface area contributed by atoms with E-state index in [0.717, 1.165) is 38.3 Å². The van der Waals surface area contributed by atoms with Gasteiger partial charge in [-0.15, -0.1) is 0 Å². The Kier molecular flexibility index (Phi) is 4.96. The lowest BCUT2D eigenvalue weighted by molar-refractivity contribution is 0.0968. The lowest BCUT2D eigenvalue weighted by atomic mass is 10.1. The minimum absolute atomic E-state index is 0.0730. The highest BCUT2D eigenvalue weighted by Crippen LogP contribution is 2.13. The predicted octanol–water partition coefficient (Wildman–Crippen LogP) is 0.836. The molecule has 1 fully saturated rings. The van der Waals surface area contributed by atoms with E-state index in [0.29, 0.717) is 6.04 Å². The molecule has 1 saturated heterocycles. The Hall–Kier alpha value is -0.910. The molecule has 1 aliphatic heterocycles. The predicted molar refractivity (Wildman–Crippen MR) is 77.9 cm³/mol. The Morgan fingerprint density at radius 1 is 1.32 bits per heavy atom. The van der Waals surface area contributed by atoms with Gasteiger partial charge in [-0.2, -0.15) is 5.10 Å². The summed E-state index contributed by atoms with van der Waals surface area (Å²) in [5.74, 6) is 0. The third-order valence-corrected chi connectivity index (χ3v) is 4.23. The first kappa shape index (κ1) is 14.5. The maximum atomic E-state index is 6.25. The largest absolute Gasteiger partial charge is 0.323 e. The van der Waals surface area contributed by atoms with Crippen molar-refractivity contribution in [3.05, 3.63) is 18.0 Å². The monoisotopic (exact) mass is 265 g/mol. The van der Waals surface area contributed by atoms with Gasteiger partial charge in [0.05, 0.1) is 6.20 Å². The standard InChI is InChI=1S/C14H27N5/c1-4-12(2)19-7-5-18(6-8-19)11-14(15)13-9-16-17(3)10-13/h9-10,12,14H,4-8,11,15H2,1-3H3. The molecule has 1 aromatic heterocycles. The van der Waals surface area contributed by atoms with Crippen LogP contribution in [0.15, 0.2) is 12.4 Å². The number of aromatic nitrogens is 2. The minimum Gasteiger partial charge on any atom is -0.323 e. The number of nitrogens with two attached hydrogens (primary N) is 1. The number of hydrogen-bond acceptors (Lipinski definition) is 4. The van der Waals surface area contributed by atoms with Gasteiger partial charge in [0.25, 0.3) is 0 Å². The summed E-state index contributed by atoms with van der Waals surface area (Å²) in [7, 11) is 1.93. The fourth-order valence-electron chi connectivity index (χ4n) is 2.66. The second-order valence-corrected chi connectivity index (χ2v) is 5.65. The van der Waals surface area contributed by atoms with Gasteiger partial charge >= 0.3 is 0 Å². The molecule has 19 heavy (non-hydrogen) atoms.